The Kier molecular flexibility index (Phi) is 6.23. The number of aliphatic hydroxyl groups excluding tert-OH is 1. The number of unbranched alkanes of at least 4 members (excludes halogenated alkanes) is 1. The van der Waals surface area contributed by atoms with E-state index in [2.05, 4.69) is 9.80 Å². The summed E-state index contributed by atoms with van der Waals surface area (Å²) in [6.07, 6.45) is 1.93. The molecule has 1 N–H and O–H groups in total. The highest BCUT2D eigenvalue weighted by molar-refractivity contribution is 6.30. The summed E-state index contributed by atoms with van der Waals surface area (Å²) in [5.74, 6) is -0.341. The van der Waals surface area contributed by atoms with Crippen molar-refractivity contribution in [3.05, 3.63) is 34.6 Å². The topological polar surface area (TPSA) is 26.7 Å². The number of halogens is 2. The first-order chi connectivity index (χ1) is 9.69. The van der Waals surface area contributed by atoms with Gasteiger partial charge in [0.05, 0.1) is 5.02 Å². The lowest BCUT2D eigenvalue weighted by atomic mass is 10.2. The van der Waals surface area contributed by atoms with E-state index in [0.29, 0.717) is 0 Å². The lowest BCUT2D eigenvalue weighted by Crippen LogP contribution is -2.46. The number of hydrogen-bond donors (Lipinski definition) is 1. The second kappa shape index (κ2) is 7.93. The molecule has 2 rings (SSSR count). The Hall–Kier alpha value is -0.680. The van der Waals surface area contributed by atoms with Gasteiger partial charge in [0.25, 0.3) is 0 Å². The van der Waals surface area contributed by atoms with Gasteiger partial charge in [-0.05, 0) is 37.1 Å². The molecule has 0 amide bonds. The largest absolute Gasteiger partial charge is 0.396 e. The van der Waals surface area contributed by atoms with Crippen LogP contribution in [0.5, 0.6) is 0 Å². The highest BCUT2D eigenvalue weighted by Crippen LogP contribution is 2.17. The Morgan fingerprint density at radius 2 is 1.80 bits per heavy atom. The van der Waals surface area contributed by atoms with Crippen LogP contribution in [0.1, 0.15) is 18.4 Å². The molecule has 112 valence electrons. The molecule has 0 radical (unpaired) electrons. The molecule has 0 unspecified atom stereocenters. The monoisotopic (exact) mass is 300 g/mol. The summed E-state index contributed by atoms with van der Waals surface area (Å²) in [7, 11) is 0. The van der Waals surface area contributed by atoms with E-state index in [9.17, 15) is 4.39 Å². The minimum atomic E-state index is -0.341. The minimum absolute atomic E-state index is 0.183. The van der Waals surface area contributed by atoms with E-state index in [1.54, 1.807) is 6.07 Å². The molecule has 0 aromatic heterocycles. The fraction of sp³-hybridized carbons (Fsp3) is 0.600. The van der Waals surface area contributed by atoms with Crippen molar-refractivity contribution < 1.29 is 9.50 Å². The molecular weight excluding hydrogens is 279 g/mol. The second-order valence-electron chi connectivity index (χ2n) is 5.30. The van der Waals surface area contributed by atoms with E-state index in [1.807, 2.05) is 6.07 Å². The quantitative estimate of drug-likeness (QED) is 0.817. The highest BCUT2D eigenvalue weighted by atomic mass is 35.5. The van der Waals surface area contributed by atoms with Crippen LogP contribution in [-0.2, 0) is 6.54 Å². The fourth-order valence-corrected chi connectivity index (χ4v) is 2.63. The van der Waals surface area contributed by atoms with Crippen molar-refractivity contribution in [3.63, 3.8) is 0 Å². The first-order valence-corrected chi connectivity index (χ1v) is 7.56. The van der Waals surface area contributed by atoms with Crippen molar-refractivity contribution in [1.82, 2.24) is 9.80 Å². The standard InChI is InChI=1S/C15H22ClFN2O/c16-14-4-3-13(11-15(14)17)12-19-8-6-18(7-9-19)5-1-2-10-20/h3-4,11,20H,1-2,5-10,12H2. The van der Waals surface area contributed by atoms with Gasteiger partial charge in [-0.25, -0.2) is 4.39 Å². The van der Waals surface area contributed by atoms with Gasteiger partial charge in [0.15, 0.2) is 0 Å². The van der Waals surface area contributed by atoms with E-state index in [-0.39, 0.29) is 17.4 Å². The minimum Gasteiger partial charge on any atom is -0.396 e. The van der Waals surface area contributed by atoms with Gasteiger partial charge in [0.1, 0.15) is 5.82 Å². The van der Waals surface area contributed by atoms with Crippen LogP contribution in [-0.4, -0.2) is 54.2 Å². The Morgan fingerprint density at radius 3 is 2.45 bits per heavy atom. The summed E-state index contributed by atoms with van der Waals surface area (Å²) in [6.45, 7) is 6.21. The number of hydrogen-bond acceptors (Lipinski definition) is 3. The third-order valence-corrected chi connectivity index (χ3v) is 4.04. The third kappa shape index (κ3) is 4.70. The smallest absolute Gasteiger partial charge is 0.142 e. The molecule has 0 saturated carbocycles. The number of piperazine rings is 1. The molecule has 0 aliphatic carbocycles. The molecule has 1 saturated heterocycles. The van der Waals surface area contributed by atoms with E-state index in [1.165, 1.54) is 6.07 Å². The zero-order chi connectivity index (χ0) is 14.4. The lowest BCUT2D eigenvalue weighted by Gasteiger charge is -2.34. The summed E-state index contributed by atoms with van der Waals surface area (Å²) in [5, 5.41) is 8.96. The number of rotatable bonds is 6. The first kappa shape index (κ1) is 15.7. The summed E-state index contributed by atoms with van der Waals surface area (Å²) in [5.41, 5.74) is 0.973. The van der Waals surface area contributed by atoms with Crippen molar-refractivity contribution >= 4 is 11.6 Å². The molecule has 1 fully saturated rings. The molecule has 0 bridgehead atoms. The van der Waals surface area contributed by atoms with Crippen molar-refractivity contribution in [2.45, 2.75) is 19.4 Å². The van der Waals surface area contributed by atoms with Gasteiger partial charge < -0.3 is 10.0 Å². The Morgan fingerprint density at radius 1 is 1.10 bits per heavy atom. The van der Waals surface area contributed by atoms with Crippen molar-refractivity contribution in [1.29, 1.82) is 0 Å². The van der Waals surface area contributed by atoms with Crippen LogP contribution in [0.4, 0.5) is 4.39 Å². The maximum absolute atomic E-state index is 13.4. The van der Waals surface area contributed by atoms with E-state index in [0.717, 1.165) is 57.7 Å². The van der Waals surface area contributed by atoms with Crippen molar-refractivity contribution in [3.8, 4) is 0 Å². The molecule has 5 heteroatoms. The molecule has 1 aromatic rings. The van der Waals surface area contributed by atoms with E-state index in [4.69, 9.17) is 16.7 Å². The van der Waals surface area contributed by atoms with Gasteiger partial charge >= 0.3 is 0 Å². The van der Waals surface area contributed by atoms with Crippen LogP contribution in [0.3, 0.4) is 0 Å². The van der Waals surface area contributed by atoms with Gasteiger partial charge in [-0.1, -0.05) is 17.7 Å². The highest BCUT2D eigenvalue weighted by Gasteiger charge is 2.16. The predicted molar refractivity (Wildman–Crippen MR) is 79.4 cm³/mol. The van der Waals surface area contributed by atoms with Gasteiger partial charge in [-0.2, -0.15) is 0 Å². The summed E-state index contributed by atoms with van der Waals surface area (Å²) >= 11 is 5.69. The van der Waals surface area contributed by atoms with Crippen LogP contribution in [0.25, 0.3) is 0 Å². The summed E-state index contributed by atoms with van der Waals surface area (Å²) in [6, 6.07) is 5.03. The van der Waals surface area contributed by atoms with Crippen molar-refractivity contribution in [2.75, 3.05) is 39.3 Å². The van der Waals surface area contributed by atoms with Crippen LogP contribution in [0.2, 0.25) is 5.02 Å². The average molecular weight is 301 g/mol. The number of nitrogens with zero attached hydrogens (tertiary/aromatic N) is 2. The lowest BCUT2D eigenvalue weighted by molar-refractivity contribution is 0.123. The Labute approximate surface area is 124 Å². The zero-order valence-electron chi connectivity index (χ0n) is 11.7. The van der Waals surface area contributed by atoms with Crippen molar-refractivity contribution in [2.24, 2.45) is 0 Å². The molecule has 3 nitrogen and oxygen atoms in total. The maximum atomic E-state index is 13.4. The van der Waals surface area contributed by atoms with Crippen LogP contribution < -0.4 is 0 Å². The van der Waals surface area contributed by atoms with E-state index < -0.39 is 0 Å². The maximum Gasteiger partial charge on any atom is 0.142 e. The molecule has 1 aliphatic rings. The van der Waals surface area contributed by atoms with Gasteiger partial charge in [-0.3, -0.25) is 4.90 Å². The second-order valence-corrected chi connectivity index (χ2v) is 5.70. The van der Waals surface area contributed by atoms with Crippen LogP contribution in [0.15, 0.2) is 18.2 Å². The molecule has 1 aliphatic heterocycles. The molecule has 0 spiro atoms. The first-order valence-electron chi connectivity index (χ1n) is 7.18. The SMILES string of the molecule is OCCCCN1CCN(Cc2ccc(Cl)c(F)c2)CC1. The van der Waals surface area contributed by atoms with Gasteiger partial charge in [0.2, 0.25) is 0 Å². The summed E-state index contributed by atoms with van der Waals surface area (Å²) in [4.78, 5) is 4.76. The molecular formula is C15H22ClFN2O. The third-order valence-electron chi connectivity index (χ3n) is 3.74. The molecule has 20 heavy (non-hydrogen) atoms. The van der Waals surface area contributed by atoms with Crippen LogP contribution >= 0.6 is 11.6 Å². The average Bonchev–Trinajstić information content (AvgIpc) is 2.45. The predicted octanol–water partition coefficient (Wildman–Crippen LogP) is 2.37. The normalized spacial score (nSPS) is 17.6. The van der Waals surface area contributed by atoms with Gasteiger partial charge in [0, 0.05) is 39.3 Å². The van der Waals surface area contributed by atoms with Gasteiger partial charge in [-0.15, -0.1) is 0 Å². The zero-order valence-corrected chi connectivity index (χ0v) is 12.4. The number of aliphatic hydroxyl groups is 1. The Bertz CT molecular complexity index is 422. The summed E-state index contributed by atoms with van der Waals surface area (Å²) < 4.78 is 13.4. The fourth-order valence-electron chi connectivity index (χ4n) is 2.51. The number of benzene rings is 1. The van der Waals surface area contributed by atoms with E-state index >= 15 is 0 Å². The van der Waals surface area contributed by atoms with Crippen LogP contribution in [0, 0.1) is 5.82 Å². The Balaban J connectivity index is 1.75. The molecule has 1 heterocycles. The molecule has 1 aromatic carbocycles. The molecule has 0 atom stereocenters.